The van der Waals surface area contributed by atoms with Crippen molar-refractivity contribution < 1.29 is 38.1 Å². The third-order valence-electron chi connectivity index (χ3n) is 0.902. The minimum atomic E-state index is -3.31. The van der Waals surface area contributed by atoms with Crippen molar-refractivity contribution >= 4 is 24.4 Å². The predicted octanol–water partition coefficient (Wildman–Crippen LogP) is -2.02. The van der Waals surface area contributed by atoms with Gasteiger partial charge in [-0.1, -0.05) is 0 Å². The van der Waals surface area contributed by atoms with E-state index in [1.807, 2.05) is 0 Å². The maximum absolute atomic E-state index is 10.5. The van der Waals surface area contributed by atoms with E-state index in [0.29, 0.717) is 0 Å². The van der Waals surface area contributed by atoms with Crippen molar-refractivity contribution in [2.45, 2.75) is 6.16 Å². The van der Waals surface area contributed by atoms with Crippen molar-refractivity contribution in [2.24, 2.45) is 22.9 Å². The summed E-state index contributed by atoms with van der Waals surface area (Å²) in [5, 5.41) is 0. The Labute approximate surface area is 92.7 Å². The van der Waals surface area contributed by atoms with Gasteiger partial charge in [-0.3, -0.25) is 0 Å². The van der Waals surface area contributed by atoms with Crippen LogP contribution in [0.1, 0.15) is 0 Å². The van der Waals surface area contributed by atoms with Crippen LogP contribution in [-0.4, -0.2) is 30.5 Å². The molecule has 0 aromatic heterocycles. The van der Waals surface area contributed by atoms with Gasteiger partial charge < -0.3 is 41.9 Å². The number of nitrogens with two attached hydrogens (primary N) is 4. The fraction of sp³-hybridized carbons (Fsp3) is 0.200. The van der Waals surface area contributed by atoms with Gasteiger partial charge in [0.1, 0.15) is 0 Å². The van der Waals surface area contributed by atoms with E-state index in [1.54, 1.807) is 0 Å². The molecule has 0 fully saturated rings. The summed E-state index contributed by atoms with van der Waals surface area (Å²) >= 11 is 0. The van der Waals surface area contributed by atoms with Gasteiger partial charge in [0.2, 0.25) is 0 Å². The molecule has 0 radical (unpaired) electrons. The van der Waals surface area contributed by atoms with Crippen LogP contribution in [0.2, 0.25) is 0 Å². The van der Waals surface area contributed by atoms with Crippen LogP contribution in [0.3, 0.4) is 0 Å². The highest BCUT2D eigenvalue weighted by molar-refractivity contribution is 5.71. The Morgan fingerprint density at radius 3 is 0.882 bits per heavy atom. The molecule has 0 aliphatic heterocycles. The minimum absolute atomic E-state index is 1.64. The first-order chi connectivity index (χ1) is 7.67. The number of hydrogen-bond donors (Lipinski definition) is 4. The maximum atomic E-state index is 10.5. The number of primary amides is 4. The van der Waals surface area contributed by atoms with Crippen LogP contribution in [0.5, 0.6) is 0 Å². The van der Waals surface area contributed by atoms with Gasteiger partial charge in [-0.25, -0.2) is 19.2 Å². The molecule has 0 rings (SSSR count). The molecule has 0 aliphatic rings. The zero-order valence-corrected chi connectivity index (χ0v) is 8.08. The van der Waals surface area contributed by atoms with Gasteiger partial charge in [-0.2, -0.15) is 0 Å². The summed E-state index contributed by atoms with van der Waals surface area (Å²) in [7, 11) is 0. The van der Waals surface area contributed by atoms with Gasteiger partial charge in [-0.05, 0) is 0 Å². The summed E-state index contributed by atoms with van der Waals surface area (Å²) in [5.74, 6) is 0. The number of hydrogen-bond acceptors (Lipinski definition) is 8. The summed E-state index contributed by atoms with van der Waals surface area (Å²) in [6.07, 6.45) is -9.89. The highest BCUT2D eigenvalue weighted by atomic mass is 17.0. The molecule has 0 aliphatic carbocycles. The summed E-state index contributed by atoms with van der Waals surface area (Å²) in [6.45, 7) is 0. The van der Waals surface area contributed by atoms with E-state index in [1.165, 1.54) is 0 Å². The van der Waals surface area contributed by atoms with Gasteiger partial charge in [0.05, 0.1) is 0 Å². The van der Waals surface area contributed by atoms with E-state index in [4.69, 9.17) is 0 Å². The molecule has 17 heavy (non-hydrogen) atoms. The van der Waals surface area contributed by atoms with E-state index >= 15 is 0 Å². The zero-order chi connectivity index (χ0) is 13.6. The van der Waals surface area contributed by atoms with Crippen molar-refractivity contribution in [3.63, 3.8) is 0 Å². The topological polar surface area (TPSA) is 209 Å². The second-order valence-corrected chi connectivity index (χ2v) is 2.18. The van der Waals surface area contributed by atoms with Crippen LogP contribution in [-0.2, 0) is 18.9 Å². The molecular formula is C5H8N4O8. The summed E-state index contributed by atoms with van der Waals surface area (Å²) in [5.41, 5.74) is 18.2. The minimum Gasteiger partial charge on any atom is -0.335 e. The highest BCUT2D eigenvalue weighted by Gasteiger charge is 2.49. The Kier molecular flexibility index (Phi) is 4.34. The molecule has 0 aromatic rings. The highest BCUT2D eigenvalue weighted by Crippen LogP contribution is 2.17. The standard InChI is InChI=1S/C5H8N4O8/c6-1(10)14-5(15-2(7)11,16-3(8)12)17-4(9)13/h(H2,6,10)(H2,7,11)(H2,8,12)(H2,9,13). The Bertz CT molecular complexity index is 284. The summed E-state index contributed by atoms with van der Waals surface area (Å²) in [4.78, 5) is 41.9. The van der Waals surface area contributed by atoms with E-state index in [2.05, 4.69) is 41.9 Å². The number of amides is 4. The molecule has 96 valence electrons. The first-order valence-electron chi connectivity index (χ1n) is 3.60. The van der Waals surface area contributed by atoms with Gasteiger partial charge in [0, 0.05) is 0 Å². The Morgan fingerprint density at radius 2 is 0.765 bits per heavy atom. The average Bonchev–Trinajstić information content (AvgIpc) is 1.95. The van der Waals surface area contributed by atoms with Gasteiger partial charge in [-0.15, -0.1) is 0 Å². The smallest absolute Gasteiger partial charge is 0.335 e. The monoisotopic (exact) mass is 252 g/mol. The molecule has 0 saturated carbocycles. The summed E-state index contributed by atoms with van der Waals surface area (Å²) < 4.78 is 15.8. The Hall–Kier alpha value is -2.92. The van der Waals surface area contributed by atoms with Gasteiger partial charge in [0.15, 0.2) is 0 Å². The van der Waals surface area contributed by atoms with Crippen LogP contribution >= 0.6 is 0 Å². The lowest BCUT2D eigenvalue weighted by atomic mass is 10.9. The molecule has 12 nitrogen and oxygen atoms in total. The third-order valence-corrected chi connectivity index (χ3v) is 0.902. The van der Waals surface area contributed by atoms with Gasteiger partial charge >= 0.3 is 30.5 Å². The van der Waals surface area contributed by atoms with Crippen molar-refractivity contribution in [3.05, 3.63) is 0 Å². The lowest BCUT2D eigenvalue weighted by Gasteiger charge is -2.25. The van der Waals surface area contributed by atoms with Crippen LogP contribution in [0, 0.1) is 0 Å². The number of ether oxygens (including phenoxy) is 4. The first-order valence-corrected chi connectivity index (χ1v) is 3.60. The summed E-state index contributed by atoms with van der Waals surface area (Å²) in [6, 6.07) is 0. The predicted molar refractivity (Wildman–Crippen MR) is 45.4 cm³/mol. The lowest BCUT2D eigenvalue weighted by molar-refractivity contribution is -0.411. The molecule has 0 spiro atoms. The average molecular weight is 252 g/mol. The van der Waals surface area contributed by atoms with Crippen molar-refractivity contribution in [2.75, 3.05) is 0 Å². The first kappa shape index (κ1) is 14.1. The van der Waals surface area contributed by atoms with E-state index < -0.39 is 30.5 Å². The van der Waals surface area contributed by atoms with Crippen LogP contribution in [0.15, 0.2) is 0 Å². The van der Waals surface area contributed by atoms with Crippen molar-refractivity contribution in [3.8, 4) is 0 Å². The van der Waals surface area contributed by atoms with Crippen LogP contribution in [0.4, 0.5) is 19.2 Å². The molecule has 0 saturated heterocycles. The second-order valence-electron chi connectivity index (χ2n) is 2.18. The molecule has 12 heteroatoms. The fourth-order valence-electron chi connectivity index (χ4n) is 0.618. The molecule has 0 atom stereocenters. The van der Waals surface area contributed by atoms with Gasteiger partial charge in [0.25, 0.3) is 0 Å². The quantitative estimate of drug-likeness (QED) is 0.409. The molecule has 0 bridgehead atoms. The van der Waals surface area contributed by atoms with Crippen molar-refractivity contribution in [1.29, 1.82) is 0 Å². The zero-order valence-electron chi connectivity index (χ0n) is 8.08. The molecule has 0 aromatic carbocycles. The Morgan fingerprint density at radius 1 is 0.588 bits per heavy atom. The molecular weight excluding hydrogens is 244 g/mol. The Balaban J connectivity index is 5.16. The van der Waals surface area contributed by atoms with Crippen molar-refractivity contribution in [1.82, 2.24) is 0 Å². The number of carbonyl (C=O) groups excluding carboxylic acids is 4. The molecule has 4 amide bonds. The SMILES string of the molecule is NC(=O)OC(OC(N)=O)(OC(N)=O)OC(N)=O. The maximum Gasteiger partial charge on any atom is 0.624 e. The third kappa shape index (κ3) is 5.50. The normalized spacial score (nSPS) is 9.88. The molecule has 0 heterocycles. The van der Waals surface area contributed by atoms with E-state index in [0.717, 1.165) is 0 Å². The largest absolute Gasteiger partial charge is 0.624 e. The fourth-order valence-corrected chi connectivity index (χ4v) is 0.618. The van der Waals surface area contributed by atoms with E-state index in [9.17, 15) is 19.2 Å². The molecule has 0 unspecified atom stereocenters. The van der Waals surface area contributed by atoms with E-state index in [-0.39, 0.29) is 0 Å². The lowest BCUT2D eigenvalue weighted by Crippen LogP contribution is -2.51. The van der Waals surface area contributed by atoms with Crippen LogP contribution in [0.25, 0.3) is 0 Å². The number of carbonyl (C=O) groups is 4. The molecule has 8 N–H and O–H groups in total. The van der Waals surface area contributed by atoms with Crippen LogP contribution < -0.4 is 22.9 Å². The second kappa shape index (κ2) is 5.24. The number of rotatable bonds is 4.